The molecule has 0 radical (unpaired) electrons. The summed E-state index contributed by atoms with van der Waals surface area (Å²) in [4.78, 5) is 6.47. The van der Waals surface area contributed by atoms with E-state index in [2.05, 4.69) is 124 Å². The van der Waals surface area contributed by atoms with E-state index in [0.29, 0.717) is 0 Å². The fourth-order valence-electron chi connectivity index (χ4n) is 7.36. The number of pyridine rings is 1. The highest BCUT2D eigenvalue weighted by Crippen LogP contribution is 2.47. The Labute approximate surface area is 301 Å². The van der Waals surface area contributed by atoms with Gasteiger partial charge in [0.05, 0.1) is 16.7 Å². The highest BCUT2D eigenvalue weighted by atomic mass is 16.5. The van der Waals surface area contributed by atoms with Gasteiger partial charge in [-0.2, -0.15) is 0 Å². The number of anilines is 3. The van der Waals surface area contributed by atoms with Crippen LogP contribution in [0.15, 0.2) is 188 Å². The van der Waals surface area contributed by atoms with Gasteiger partial charge in [0.1, 0.15) is 11.5 Å². The van der Waals surface area contributed by atoms with Crippen LogP contribution >= 0.6 is 0 Å². The van der Waals surface area contributed by atoms with Crippen molar-refractivity contribution in [1.29, 1.82) is 0 Å². The van der Waals surface area contributed by atoms with Crippen LogP contribution in [0.4, 0.5) is 17.1 Å². The van der Waals surface area contributed by atoms with E-state index in [1.54, 1.807) is 0 Å². The molecule has 0 N–H and O–H groups in total. The molecule has 3 heterocycles. The van der Waals surface area contributed by atoms with Gasteiger partial charge in [-0.15, -0.1) is 0 Å². The molecule has 0 fully saturated rings. The van der Waals surface area contributed by atoms with Gasteiger partial charge in [-0.1, -0.05) is 84.9 Å². The Morgan fingerprint density at radius 3 is 1.73 bits per heavy atom. The molecule has 7 aromatic carbocycles. The van der Waals surface area contributed by atoms with Crippen molar-refractivity contribution in [3.05, 3.63) is 188 Å². The number of rotatable bonds is 7. The number of aromatic nitrogens is 2. The molecule has 0 amide bonds. The van der Waals surface area contributed by atoms with E-state index in [1.165, 1.54) is 21.9 Å². The fourth-order valence-corrected chi connectivity index (χ4v) is 7.36. The third-order valence-electron chi connectivity index (χ3n) is 9.75. The molecule has 52 heavy (non-hydrogen) atoms. The Kier molecular flexibility index (Phi) is 7.07. The summed E-state index contributed by atoms with van der Waals surface area (Å²) in [6.45, 7) is 0. The van der Waals surface area contributed by atoms with Crippen LogP contribution in [0.2, 0.25) is 0 Å². The van der Waals surface area contributed by atoms with E-state index in [9.17, 15) is 0 Å². The summed E-state index contributed by atoms with van der Waals surface area (Å²) in [6.07, 6.45) is 3.65. The largest absolute Gasteiger partial charge is 0.457 e. The summed E-state index contributed by atoms with van der Waals surface area (Å²) >= 11 is 0. The van der Waals surface area contributed by atoms with Gasteiger partial charge in [0.2, 0.25) is 0 Å². The molecule has 0 atom stereocenters. The molecule has 2 aromatic heterocycles. The number of nitrogens with zero attached hydrogens (tertiary/aromatic N) is 3. The minimum absolute atomic E-state index is 0.782. The molecule has 0 spiro atoms. The smallest absolute Gasteiger partial charge is 0.152 e. The lowest BCUT2D eigenvalue weighted by atomic mass is 10.0. The van der Waals surface area contributed by atoms with Crippen molar-refractivity contribution in [2.24, 2.45) is 0 Å². The van der Waals surface area contributed by atoms with Gasteiger partial charge in [-0.3, -0.25) is 4.98 Å². The van der Waals surface area contributed by atoms with Gasteiger partial charge < -0.3 is 18.9 Å². The van der Waals surface area contributed by atoms with Crippen LogP contribution in [-0.2, 0) is 0 Å². The molecule has 0 aliphatic carbocycles. The lowest BCUT2D eigenvalue weighted by Gasteiger charge is -2.26. The van der Waals surface area contributed by atoms with Gasteiger partial charge in [0, 0.05) is 45.8 Å². The van der Waals surface area contributed by atoms with Crippen molar-refractivity contribution >= 4 is 38.9 Å². The van der Waals surface area contributed by atoms with E-state index in [1.807, 2.05) is 79.1 Å². The van der Waals surface area contributed by atoms with E-state index in [-0.39, 0.29) is 0 Å². The maximum Gasteiger partial charge on any atom is 0.152 e. The standard InChI is InChI=1S/C47H31N3O2/c1-2-8-38(9-3-1)51-39-26-24-37(25-27-39)49(35-20-16-32(17-21-35)33-28-30-48-31-29-33)36-22-18-34(19-23-36)40-10-6-11-41-42-12-7-15-45-47(42)50(46(40)41)43-13-4-5-14-44(43)52-45/h1-31H. The van der Waals surface area contributed by atoms with Gasteiger partial charge in [-0.05, 0) is 108 Å². The quantitative estimate of drug-likeness (QED) is 0.169. The number of hydrogen-bond donors (Lipinski definition) is 0. The summed E-state index contributed by atoms with van der Waals surface area (Å²) in [5.74, 6) is 3.32. The van der Waals surface area contributed by atoms with Crippen molar-refractivity contribution < 1.29 is 9.47 Å². The van der Waals surface area contributed by atoms with Crippen molar-refractivity contribution in [2.75, 3.05) is 4.90 Å². The van der Waals surface area contributed by atoms with Gasteiger partial charge in [0.25, 0.3) is 0 Å². The van der Waals surface area contributed by atoms with Crippen molar-refractivity contribution in [2.45, 2.75) is 0 Å². The van der Waals surface area contributed by atoms with Crippen molar-refractivity contribution in [1.82, 2.24) is 9.55 Å². The minimum atomic E-state index is 0.782. The Hall–Kier alpha value is -7.11. The first-order chi connectivity index (χ1) is 25.8. The first-order valence-corrected chi connectivity index (χ1v) is 17.4. The summed E-state index contributed by atoms with van der Waals surface area (Å²) in [7, 11) is 0. The molecular weight excluding hydrogens is 639 g/mol. The van der Waals surface area contributed by atoms with Crippen LogP contribution in [0.1, 0.15) is 0 Å². The Balaban J connectivity index is 1.07. The molecule has 1 aliphatic heterocycles. The molecule has 5 heteroatoms. The molecule has 10 rings (SSSR count). The van der Waals surface area contributed by atoms with Crippen LogP contribution in [0, 0.1) is 0 Å². The molecule has 246 valence electrons. The third-order valence-corrected chi connectivity index (χ3v) is 9.75. The van der Waals surface area contributed by atoms with Crippen molar-refractivity contribution in [3.8, 4) is 50.9 Å². The molecular formula is C47H31N3O2. The van der Waals surface area contributed by atoms with Crippen LogP contribution in [0.25, 0.3) is 49.7 Å². The molecule has 0 unspecified atom stereocenters. The Bertz CT molecular complexity index is 2700. The second kappa shape index (κ2) is 12.3. The van der Waals surface area contributed by atoms with Crippen LogP contribution in [0.5, 0.6) is 23.0 Å². The normalized spacial score (nSPS) is 11.6. The van der Waals surface area contributed by atoms with Gasteiger partial charge in [0.15, 0.2) is 11.5 Å². The number of hydrogen-bond acceptors (Lipinski definition) is 4. The predicted molar refractivity (Wildman–Crippen MR) is 211 cm³/mol. The molecule has 0 saturated heterocycles. The number of fused-ring (bicyclic) bond motifs is 5. The average molecular weight is 670 g/mol. The first-order valence-electron chi connectivity index (χ1n) is 17.4. The van der Waals surface area contributed by atoms with E-state index >= 15 is 0 Å². The van der Waals surface area contributed by atoms with Crippen LogP contribution in [-0.4, -0.2) is 9.55 Å². The summed E-state index contributed by atoms with van der Waals surface area (Å²) in [6, 6.07) is 60.9. The number of ether oxygens (including phenoxy) is 2. The Morgan fingerprint density at radius 2 is 1.00 bits per heavy atom. The van der Waals surface area contributed by atoms with Crippen LogP contribution < -0.4 is 14.4 Å². The highest BCUT2D eigenvalue weighted by Gasteiger charge is 2.25. The minimum Gasteiger partial charge on any atom is -0.457 e. The van der Waals surface area contributed by atoms with Gasteiger partial charge in [-0.25, -0.2) is 0 Å². The van der Waals surface area contributed by atoms with Crippen LogP contribution in [0.3, 0.4) is 0 Å². The fraction of sp³-hybridized carbons (Fsp3) is 0. The summed E-state index contributed by atoms with van der Waals surface area (Å²) in [5.41, 5.74) is 11.0. The maximum atomic E-state index is 6.38. The average Bonchev–Trinajstić information content (AvgIpc) is 3.56. The zero-order valence-corrected chi connectivity index (χ0v) is 28.1. The summed E-state index contributed by atoms with van der Waals surface area (Å²) < 4.78 is 14.9. The third kappa shape index (κ3) is 5.07. The zero-order valence-electron chi connectivity index (χ0n) is 28.1. The molecule has 0 bridgehead atoms. The number of benzene rings is 7. The molecule has 0 saturated carbocycles. The zero-order chi connectivity index (χ0) is 34.4. The lowest BCUT2D eigenvalue weighted by Crippen LogP contribution is -2.09. The van der Waals surface area contributed by atoms with E-state index in [4.69, 9.17) is 9.47 Å². The predicted octanol–water partition coefficient (Wildman–Crippen LogP) is 12.9. The first kappa shape index (κ1) is 29.8. The maximum absolute atomic E-state index is 6.38. The highest BCUT2D eigenvalue weighted by molar-refractivity contribution is 6.16. The van der Waals surface area contributed by atoms with Crippen molar-refractivity contribution in [3.63, 3.8) is 0 Å². The second-order valence-electron chi connectivity index (χ2n) is 12.8. The molecule has 5 nitrogen and oxygen atoms in total. The Morgan fingerprint density at radius 1 is 0.442 bits per heavy atom. The van der Waals surface area contributed by atoms with E-state index < -0.39 is 0 Å². The summed E-state index contributed by atoms with van der Waals surface area (Å²) in [5, 5.41) is 2.38. The SMILES string of the molecule is c1ccc(Oc2ccc(N(c3ccc(-c4ccncc4)cc3)c3ccc(-c4cccc5c6cccc7c6n(c45)-c4ccccc4O7)cc3)cc2)cc1. The topological polar surface area (TPSA) is 39.5 Å². The van der Waals surface area contributed by atoms with Gasteiger partial charge >= 0.3 is 0 Å². The molecule has 1 aliphatic rings. The number of para-hydroxylation sites is 5. The lowest BCUT2D eigenvalue weighted by molar-refractivity contribution is 0.476. The van der Waals surface area contributed by atoms with E-state index in [0.717, 1.165) is 68.0 Å². The molecule has 9 aromatic rings. The second-order valence-corrected chi connectivity index (χ2v) is 12.8. The monoisotopic (exact) mass is 669 g/mol.